The van der Waals surface area contributed by atoms with Gasteiger partial charge in [0.05, 0.1) is 5.39 Å². The molecule has 0 aliphatic carbocycles. The number of ketones is 1. The number of aromatic nitrogens is 2. The van der Waals surface area contributed by atoms with Gasteiger partial charge in [0.15, 0.2) is 0 Å². The predicted molar refractivity (Wildman–Crippen MR) is 98.7 cm³/mol. The number of Topliss-reactive ketones (excluding diaryl/α,β-unsaturated/α-hetero) is 1. The van der Waals surface area contributed by atoms with Gasteiger partial charge in [-0.3, -0.25) is 14.2 Å². The second-order valence-corrected chi connectivity index (χ2v) is 7.26. The molecule has 0 aliphatic heterocycles. The van der Waals surface area contributed by atoms with Crippen molar-refractivity contribution in [2.24, 2.45) is 0 Å². The highest BCUT2D eigenvalue weighted by atomic mass is 32.1. The van der Waals surface area contributed by atoms with Crippen LogP contribution in [-0.4, -0.2) is 15.3 Å². The molecule has 0 aliphatic rings. The Labute approximate surface area is 144 Å². The Morgan fingerprint density at radius 2 is 1.96 bits per heavy atom. The molecule has 0 N–H and O–H groups in total. The van der Waals surface area contributed by atoms with Crippen molar-refractivity contribution in [1.82, 2.24) is 9.55 Å². The molecule has 5 heteroatoms. The summed E-state index contributed by atoms with van der Waals surface area (Å²) in [6.45, 7) is 5.97. The lowest BCUT2D eigenvalue weighted by Crippen LogP contribution is -2.26. The number of hydrogen-bond acceptors (Lipinski definition) is 4. The number of carbonyl (C=O) groups excluding carboxylic acids is 1. The summed E-state index contributed by atoms with van der Waals surface area (Å²) < 4.78 is 1.66. The third kappa shape index (κ3) is 3.17. The Hall–Kier alpha value is -2.27. The van der Waals surface area contributed by atoms with Gasteiger partial charge in [-0.1, -0.05) is 44.2 Å². The molecule has 4 nitrogen and oxygen atoms in total. The lowest BCUT2D eigenvalue weighted by Gasteiger charge is -2.14. The Bertz CT molecular complexity index is 939. The van der Waals surface area contributed by atoms with Crippen LogP contribution in [0, 0.1) is 0 Å². The standard InChI is InChI=1S/C19H20N2O2S/c1-12(2)17-20-18-15(19(23)21(17)10-9-13(3)22)11-16(24-18)14-7-5-4-6-8-14/h4-8,11-12H,9-10H2,1-3H3. The number of thiophene rings is 1. The van der Waals surface area contributed by atoms with E-state index in [-0.39, 0.29) is 17.3 Å². The van der Waals surface area contributed by atoms with Crippen molar-refractivity contribution in [2.75, 3.05) is 0 Å². The summed E-state index contributed by atoms with van der Waals surface area (Å²) in [5.74, 6) is 0.943. The third-order valence-corrected chi connectivity index (χ3v) is 5.02. The molecule has 0 fully saturated rings. The van der Waals surface area contributed by atoms with Crippen LogP contribution in [0.4, 0.5) is 0 Å². The van der Waals surface area contributed by atoms with Gasteiger partial charge in [0.25, 0.3) is 5.56 Å². The molecule has 0 saturated carbocycles. The molecule has 0 spiro atoms. The van der Waals surface area contributed by atoms with Gasteiger partial charge in [0.1, 0.15) is 16.4 Å². The van der Waals surface area contributed by atoms with Crippen molar-refractivity contribution in [2.45, 2.75) is 39.7 Å². The van der Waals surface area contributed by atoms with E-state index < -0.39 is 0 Å². The van der Waals surface area contributed by atoms with Gasteiger partial charge < -0.3 is 0 Å². The van der Waals surface area contributed by atoms with Crippen LogP contribution in [-0.2, 0) is 11.3 Å². The maximum absolute atomic E-state index is 12.9. The van der Waals surface area contributed by atoms with Crippen molar-refractivity contribution in [1.29, 1.82) is 0 Å². The predicted octanol–water partition coefficient (Wildman–Crippen LogP) is 4.23. The van der Waals surface area contributed by atoms with Crippen LogP contribution < -0.4 is 5.56 Å². The number of nitrogens with zero attached hydrogens (tertiary/aromatic N) is 2. The number of benzene rings is 1. The van der Waals surface area contributed by atoms with Gasteiger partial charge in [0.2, 0.25) is 0 Å². The Morgan fingerprint density at radius 3 is 2.58 bits per heavy atom. The first-order valence-corrected chi connectivity index (χ1v) is 8.88. The van der Waals surface area contributed by atoms with Crippen molar-refractivity contribution < 1.29 is 4.79 Å². The molecule has 0 amide bonds. The van der Waals surface area contributed by atoms with Crippen LogP contribution in [0.2, 0.25) is 0 Å². The summed E-state index contributed by atoms with van der Waals surface area (Å²) >= 11 is 1.54. The lowest BCUT2D eigenvalue weighted by atomic mass is 10.1. The Morgan fingerprint density at radius 1 is 1.25 bits per heavy atom. The molecule has 0 bridgehead atoms. The number of rotatable bonds is 5. The Kier molecular flexibility index (Phi) is 4.62. The van der Waals surface area contributed by atoms with Crippen LogP contribution in [0.15, 0.2) is 41.2 Å². The van der Waals surface area contributed by atoms with E-state index in [1.807, 2.05) is 50.2 Å². The van der Waals surface area contributed by atoms with Gasteiger partial charge in [-0.25, -0.2) is 4.98 Å². The third-order valence-electron chi connectivity index (χ3n) is 3.94. The van der Waals surface area contributed by atoms with Gasteiger partial charge in [0, 0.05) is 23.8 Å². The van der Waals surface area contributed by atoms with Crippen LogP contribution in [0.5, 0.6) is 0 Å². The van der Waals surface area contributed by atoms with E-state index in [1.165, 1.54) is 11.3 Å². The molecule has 0 saturated heterocycles. The Balaban J connectivity index is 2.17. The van der Waals surface area contributed by atoms with Crippen molar-refractivity contribution in [3.05, 3.63) is 52.6 Å². The van der Waals surface area contributed by atoms with Gasteiger partial charge in [-0.2, -0.15) is 0 Å². The van der Waals surface area contributed by atoms with Crippen molar-refractivity contribution in [3.8, 4) is 10.4 Å². The van der Waals surface area contributed by atoms with Crippen LogP contribution in [0.25, 0.3) is 20.7 Å². The zero-order valence-corrected chi connectivity index (χ0v) is 14.9. The maximum atomic E-state index is 12.9. The first kappa shape index (κ1) is 16.6. The van der Waals surface area contributed by atoms with E-state index in [1.54, 1.807) is 11.5 Å². The van der Waals surface area contributed by atoms with Gasteiger partial charge >= 0.3 is 0 Å². The second-order valence-electron chi connectivity index (χ2n) is 6.23. The van der Waals surface area contributed by atoms with E-state index in [2.05, 4.69) is 0 Å². The van der Waals surface area contributed by atoms with Crippen molar-refractivity contribution >= 4 is 27.3 Å². The quantitative estimate of drug-likeness (QED) is 0.698. The van der Waals surface area contributed by atoms with Crippen molar-refractivity contribution in [3.63, 3.8) is 0 Å². The number of hydrogen-bond donors (Lipinski definition) is 0. The van der Waals surface area contributed by atoms with E-state index in [0.29, 0.717) is 18.4 Å². The fourth-order valence-electron chi connectivity index (χ4n) is 2.70. The second kappa shape index (κ2) is 6.69. The number of carbonyl (C=O) groups is 1. The topological polar surface area (TPSA) is 52.0 Å². The van der Waals surface area contributed by atoms with Gasteiger partial charge in [-0.05, 0) is 18.6 Å². The first-order chi connectivity index (χ1) is 11.5. The molecule has 0 radical (unpaired) electrons. The SMILES string of the molecule is CC(=O)CCn1c(C(C)C)nc2sc(-c3ccccc3)cc2c1=O. The molecule has 3 rings (SSSR count). The number of fused-ring (bicyclic) bond motifs is 1. The minimum atomic E-state index is -0.0524. The van der Waals surface area contributed by atoms with E-state index in [4.69, 9.17) is 4.98 Å². The fourth-order valence-corrected chi connectivity index (χ4v) is 3.74. The normalized spacial score (nSPS) is 11.3. The van der Waals surface area contributed by atoms with Crippen LogP contribution in [0.1, 0.15) is 38.9 Å². The molecular formula is C19H20N2O2S. The highest BCUT2D eigenvalue weighted by molar-refractivity contribution is 7.21. The molecule has 24 heavy (non-hydrogen) atoms. The maximum Gasteiger partial charge on any atom is 0.262 e. The summed E-state index contributed by atoms with van der Waals surface area (Å²) in [4.78, 5) is 30.8. The minimum Gasteiger partial charge on any atom is -0.300 e. The molecule has 0 unspecified atom stereocenters. The zero-order chi connectivity index (χ0) is 17.3. The highest BCUT2D eigenvalue weighted by Crippen LogP contribution is 2.31. The average Bonchev–Trinajstić information content (AvgIpc) is 2.99. The van der Waals surface area contributed by atoms with Crippen LogP contribution >= 0.6 is 11.3 Å². The average molecular weight is 340 g/mol. The zero-order valence-electron chi connectivity index (χ0n) is 14.1. The monoisotopic (exact) mass is 340 g/mol. The summed E-state index contributed by atoms with van der Waals surface area (Å²) in [5.41, 5.74) is 1.03. The minimum absolute atomic E-state index is 0.0524. The smallest absolute Gasteiger partial charge is 0.262 e. The van der Waals surface area contributed by atoms with Crippen LogP contribution in [0.3, 0.4) is 0 Å². The first-order valence-electron chi connectivity index (χ1n) is 8.06. The summed E-state index contributed by atoms with van der Waals surface area (Å²) in [6, 6.07) is 11.9. The van der Waals surface area contributed by atoms with E-state index in [9.17, 15) is 9.59 Å². The molecule has 2 aromatic heterocycles. The molecule has 1 aromatic carbocycles. The van der Waals surface area contributed by atoms with E-state index in [0.717, 1.165) is 21.1 Å². The molecule has 0 atom stereocenters. The lowest BCUT2D eigenvalue weighted by molar-refractivity contribution is -0.117. The largest absolute Gasteiger partial charge is 0.300 e. The summed E-state index contributed by atoms with van der Waals surface area (Å²) in [7, 11) is 0. The van der Waals surface area contributed by atoms with E-state index >= 15 is 0 Å². The highest BCUT2D eigenvalue weighted by Gasteiger charge is 2.17. The van der Waals surface area contributed by atoms with Gasteiger partial charge in [-0.15, -0.1) is 11.3 Å². The molecule has 2 heterocycles. The summed E-state index contributed by atoms with van der Waals surface area (Å²) in [6.07, 6.45) is 0.350. The molecule has 3 aromatic rings. The fraction of sp³-hybridized carbons (Fsp3) is 0.316. The molecule has 124 valence electrons. The summed E-state index contributed by atoms with van der Waals surface area (Å²) in [5, 5.41) is 0.631. The molecular weight excluding hydrogens is 320 g/mol.